The average Bonchev–Trinajstić information content (AvgIpc) is 3.28. The van der Waals surface area contributed by atoms with E-state index in [9.17, 15) is 9.59 Å². The third-order valence-electron chi connectivity index (χ3n) is 5.18. The van der Waals surface area contributed by atoms with Crippen LogP contribution in [0.2, 0.25) is 0 Å². The second kappa shape index (κ2) is 8.12. The lowest BCUT2D eigenvalue weighted by Crippen LogP contribution is -2.50. The van der Waals surface area contributed by atoms with E-state index >= 15 is 0 Å². The maximum atomic E-state index is 12.3. The van der Waals surface area contributed by atoms with Gasteiger partial charge < -0.3 is 10.2 Å². The molecule has 132 valence electrons. The van der Waals surface area contributed by atoms with Crippen LogP contribution in [0.5, 0.6) is 0 Å². The van der Waals surface area contributed by atoms with Gasteiger partial charge in [-0.1, -0.05) is 6.07 Å². The number of likely N-dealkylation sites (tertiary alicyclic amines) is 2. The molecule has 0 spiro atoms. The lowest BCUT2D eigenvalue weighted by atomic mass is 10.0. The molecule has 0 aliphatic carbocycles. The minimum absolute atomic E-state index is 0.103. The molecular weight excluding hydrogens is 322 g/mol. The Hall–Kier alpha value is -1.40. The first-order valence-corrected chi connectivity index (χ1v) is 9.83. The summed E-state index contributed by atoms with van der Waals surface area (Å²) >= 11 is 1.73. The van der Waals surface area contributed by atoms with E-state index in [4.69, 9.17) is 0 Å². The van der Waals surface area contributed by atoms with Crippen molar-refractivity contribution in [2.45, 2.75) is 51.1 Å². The molecule has 1 aromatic heterocycles. The summed E-state index contributed by atoms with van der Waals surface area (Å²) in [6.45, 7) is 4.65. The number of carbonyl (C=O) groups excluding carboxylic acids is 2. The van der Waals surface area contributed by atoms with E-state index in [1.807, 2.05) is 11.0 Å². The van der Waals surface area contributed by atoms with Crippen LogP contribution in [0.4, 0.5) is 0 Å². The number of hydrogen-bond donors (Lipinski definition) is 1. The maximum absolute atomic E-state index is 12.3. The topological polar surface area (TPSA) is 52.7 Å². The van der Waals surface area contributed by atoms with Crippen molar-refractivity contribution in [1.29, 1.82) is 0 Å². The van der Waals surface area contributed by atoms with Crippen molar-refractivity contribution < 1.29 is 9.59 Å². The van der Waals surface area contributed by atoms with Crippen molar-refractivity contribution in [3.05, 3.63) is 22.4 Å². The smallest absolute Gasteiger partial charge is 0.234 e. The Bertz CT molecular complexity index is 561. The van der Waals surface area contributed by atoms with E-state index in [-0.39, 0.29) is 11.8 Å². The van der Waals surface area contributed by atoms with Gasteiger partial charge in [0.25, 0.3) is 0 Å². The van der Waals surface area contributed by atoms with Gasteiger partial charge in [0.15, 0.2) is 0 Å². The van der Waals surface area contributed by atoms with Crippen molar-refractivity contribution in [1.82, 2.24) is 15.1 Å². The molecule has 2 amide bonds. The molecule has 24 heavy (non-hydrogen) atoms. The molecule has 0 radical (unpaired) electrons. The molecule has 2 atom stereocenters. The molecule has 2 fully saturated rings. The van der Waals surface area contributed by atoms with E-state index in [1.165, 1.54) is 4.88 Å². The highest BCUT2D eigenvalue weighted by Crippen LogP contribution is 2.29. The van der Waals surface area contributed by atoms with Crippen molar-refractivity contribution in [2.24, 2.45) is 0 Å². The Morgan fingerprint density at radius 2 is 2.04 bits per heavy atom. The normalized spacial score (nSPS) is 24.5. The van der Waals surface area contributed by atoms with E-state index < -0.39 is 0 Å². The highest BCUT2D eigenvalue weighted by Gasteiger charge is 2.39. The highest BCUT2D eigenvalue weighted by atomic mass is 32.1. The number of rotatable bonds is 6. The number of thiophene rings is 1. The molecule has 0 aromatic carbocycles. The van der Waals surface area contributed by atoms with Crippen LogP contribution in [0.3, 0.4) is 0 Å². The summed E-state index contributed by atoms with van der Waals surface area (Å²) in [5.74, 6) is 0.274. The van der Waals surface area contributed by atoms with Gasteiger partial charge in [-0.25, -0.2) is 0 Å². The second-order valence-electron chi connectivity index (χ2n) is 6.78. The van der Waals surface area contributed by atoms with Crippen LogP contribution >= 0.6 is 11.3 Å². The molecule has 2 saturated heterocycles. The number of hydrogen-bond acceptors (Lipinski definition) is 4. The zero-order valence-electron chi connectivity index (χ0n) is 14.4. The first kappa shape index (κ1) is 17.4. The van der Waals surface area contributed by atoms with Crippen LogP contribution < -0.4 is 5.32 Å². The Balaban J connectivity index is 1.48. The first-order valence-electron chi connectivity index (χ1n) is 8.95. The molecule has 6 heteroatoms. The molecule has 0 saturated carbocycles. The maximum Gasteiger partial charge on any atom is 0.234 e. The predicted octanol–water partition coefficient (Wildman–Crippen LogP) is 1.88. The van der Waals surface area contributed by atoms with Crippen LogP contribution in [0.15, 0.2) is 17.5 Å². The van der Waals surface area contributed by atoms with Gasteiger partial charge in [-0.05, 0) is 50.1 Å². The van der Waals surface area contributed by atoms with E-state index in [1.54, 1.807) is 18.3 Å². The summed E-state index contributed by atoms with van der Waals surface area (Å²) in [5, 5.41) is 5.10. The molecular formula is C18H27N3O2S. The third-order valence-corrected chi connectivity index (χ3v) is 6.12. The SMILES string of the molecule is CC(=O)N1CCC[C@H]1[C@H]1CCCN1CC(=O)NCCc1cccs1. The van der Waals surface area contributed by atoms with E-state index in [0.717, 1.165) is 45.2 Å². The summed E-state index contributed by atoms with van der Waals surface area (Å²) in [7, 11) is 0. The monoisotopic (exact) mass is 349 g/mol. The zero-order valence-corrected chi connectivity index (χ0v) is 15.2. The van der Waals surface area contributed by atoms with Crippen LogP contribution in [0.25, 0.3) is 0 Å². The quantitative estimate of drug-likeness (QED) is 0.853. The van der Waals surface area contributed by atoms with Gasteiger partial charge >= 0.3 is 0 Å². The lowest BCUT2D eigenvalue weighted by Gasteiger charge is -2.34. The number of nitrogens with one attached hydrogen (secondary N) is 1. The summed E-state index contributed by atoms with van der Waals surface area (Å²) in [6.07, 6.45) is 5.27. The second-order valence-corrected chi connectivity index (χ2v) is 7.81. The fourth-order valence-corrected chi connectivity index (χ4v) is 4.80. The predicted molar refractivity (Wildman–Crippen MR) is 96.0 cm³/mol. The van der Waals surface area contributed by atoms with E-state index in [0.29, 0.717) is 25.2 Å². The van der Waals surface area contributed by atoms with Gasteiger partial charge in [0.05, 0.1) is 6.54 Å². The third kappa shape index (κ3) is 4.16. The molecule has 5 nitrogen and oxygen atoms in total. The van der Waals surface area contributed by atoms with Gasteiger partial charge in [0, 0.05) is 37.0 Å². The molecule has 2 aliphatic heterocycles. The average molecular weight is 350 g/mol. The number of nitrogens with zero attached hydrogens (tertiary/aromatic N) is 2. The van der Waals surface area contributed by atoms with Crippen molar-refractivity contribution >= 4 is 23.2 Å². The van der Waals surface area contributed by atoms with Crippen molar-refractivity contribution in [2.75, 3.05) is 26.2 Å². The lowest BCUT2D eigenvalue weighted by molar-refractivity contribution is -0.130. The van der Waals surface area contributed by atoms with Gasteiger partial charge in [-0.3, -0.25) is 14.5 Å². The Kier molecular flexibility index (Phi) is 5.89. The van der Waals surface area contributed by atoms with Crippen LogP contribution in [-0.4, -0.2) is 59.9 Å². The Morgan fingerprint density at radius 1 is 1.25 bits per heavy atom. The largest absolute Gasteiger partial charge is 0.355 e. The van der Waals surface area contributed by atoms with E-state index in [2.05, 4.69) is 21.7 Å². The Labute approximate surface area is 148 Å². The van der Waals surface area contributed by atoms with Gasteiger partial charge in [-0.15, -0.1) is 11.3 Å². The van der Waals surface area contributed by atoms with Gasteiger partial charge in [0.2, 0.25) is 11.8 Å². The summed E-state index contributed by atoms with van der Waals surface area (Å²) < 4.78 is 0. The first-order chi connectivity index (χ1) is 11.6. The fraction of sp³-hybridized carbons (Fsp3) is 0.667. The van der Waals surface area contributed by atoms with Crippen LogP contribution in [0, 0.1) is 0 Å². The molecule has 3 rings (SSSR count). The standard InChI is InChI=1S/C18H27N3O2S/c1-14(22)21-11-3-7-17(21)16-6-2-10-20(16)13-18(23)19-9-8-15-5-4-12-24-15/h4-5,12,16-17H,2-3,6-11,13H2,1H3,(H,19,23)/t16-,17+/m1/s1. The summed E-state index contributed by atoms with van der Waals surface area (Å²) in [5.41, 5.74) is 0. The molecule has 3 heterocycles. The minimum Gasteiger partial charge on any atom is -0.355 e. The van der Waals surface area contributed by atoms with Gasteiger partial charge in [-0.2, -0.15) is 0 Å². The molecule has 0 bridgehead atoms. The van der Waals surface area contributed by atoms with Crippen molar-refractivity contribution in [3.63, 3.8) is 0 Å². The molecule has 1 aromatic rings. The van der Waals surface area contributed by atoms with Crippen LogP contribution in [-0.2, 0) is 16.0 Å². The number of carbonyl (C=O) groups is 2. The fourth-order valence-electron chi connectivity index (χ4n) is 4.09. The van der Waals surface area contributed by atoms with Crippen molar-refractivity contribution in [3.8, 4) is 0 Å². The molecule has 2 aliphatic rings. The number of amides is 2. The summed E-state index contributed by atoms with van der Waals surface area (Å²) in [4.78, 5) is 29.7. The zero-order chi connectivity index (χ0) is 16.9. The van der Waals surface area contributed by atoms with Crippen LogP contribution in [0.1, 0.15) is 37.5 Å². The highest BCUT2D eigenvalue weighted by molar-refractivity contribution is 7.09. The molecule has 1 N–H and O–H groups in total. The molecule has 0 unspecified atom stereocenters. The minimum atomic E-state index is 0.103. The Morgan fingerprint density at radius 3 is 2.79 bits per heavy atom. The summed E-state index contributed by atoms with van der Waals surface area (Å²) in [6, 6.07) is 4.78. The van der Waals surface area contributed by atoms with Gasteiger partial charge in [0.1, 0.15) is 0 Å².